The number of rotatable bonds is 4. The van der Waals surface area contributed by atoms with Crippen LogP contribution in [0.4, 0.5) is 5.95 Å². The van der Waals surface area contributed by atoms with Gasteiger partial charge < -0.3 is 15.1 Å². The van der Waals surface area contributed by atoms with Gasteiger partial charge in [0, 0.05) is 31.0 Å². The molecule has 94 valence electrons. The lowest BCUT2D eigenvalue weighted by molar-refractivity contribution is 0.0323. The monoisotopic (exact) mass is 257 g/mol. The average molecular weight is 258 g/mol. The Morgan fingerprint density at radius 1 is 1.24 bits per heavy atom. The van der Waals surface area contributed by atoms with Gasteiger partial charge in [0.25, 0.3) is 0 Å². The molecule has 0 spiro atoms. The Morgan fingerprint density at radius 3 is 2.35 bits per heavy atom. The highest BCUT2D eigenvalue weighted by atomic mass is 35.5. The third kappa shape index (κ3) is 2.86. The molecule has 6 heteroatoms. The van der Waals surface area contributed by atoms with Crippen LogP contribution in [-0.4, -0.2) is 45.3 Å². The Hall–Kier alpha value is -0.910. The molecule has 0 bridgehead atoms. The maximum absolute atomic E-state index is 9.72. The summed E-state index contributed by atoms with van der Waals surface area (Å²) < 4.78 is 0. The highest BCUT2D eigenvalue weighted by Gasteiger charge is 2.19. The van der Waals surface area contributed by atoms with Gasteiger partial charge in [-0.15, -0.1) is 11.6 Å². The first-order chi connectivity index (χ1) is 8.22. The quantitative estimate of drug-likeness (QED) is 0.778. The smallest absolute Gasteiger partial charge is 0.225 e. The van der Waals surface area contributed by atoms with Crippen LogP contribution in [0.15, 0.2) is 12.4 Å². The molecule has 2 atom stereocenters. The van der Waals surface area contributed by atoms with E-state index in [1.807, 2.05) is 0 Å². The molecule has 0 saturated carbocycles. The molecule has 0 aromatic carbocycles. The minimum Gasteiger partial charge on any atom is -0.389 e. The molecule has 0 amide bonds. The van der Waals surface area contributed by atoms with Crippen molar-refractivity contribution in [1.82, 2.24) is 9.97 Å². The number of nitrogens with zero attached hydrogens (tertiary/aromatic N) is 3. The van der Waals surface area contributed by atoms with Crippen molar-refractivity contribution in [2.24, 2.45) is 0 Å². The van der Waals surface area contributed by atoms with E-state index in [1.165, 1.54) is 12.8 Å². The van der Waals surface area contributed by atoms with E-state index in [0.717, 1.165) is 13.1 Å². The van der Waals surface area contributed by atoms with E-state index in [9.17, 15) is 10.2 Å². The van der Waals surface area contributed by atoms with Gasteiger partial charge in [0.1, 0.15) is 6.10 Å². The summed E-state index contributed by atoms with van der Waals surface area (Å²) in [6, 6.07) is 0. The molecule has 17 heavy (non-hydrogen) atoms. The van der Waals surface area contributed by atoms with Crippen LogP contribution in [0.3, 0.4) is 0 Å². The van der Waals surface area contributed by atoms with E-state index in [4.69, 9.17) is 11.6 Å². The minimum absolute atomic E-state index is 0.0188. The fourth-order valence-corrected chi connectivity index (χ4v) is 2.04. The number of alkyl halides is 1. The summed E-state index contributed by atoms with van der Waals surface area (Å²) in [5.74, 6) is 0.661. The number of aliphatic hydroxyl groups excluding tert-OH is 2. The summed E-state index contributed by atoms with van der Waals surface area (Å²) in [6.45, 7) is 1.96. The van der Waals surface area contributed by atoms with Crippen molar-refractivity contribution >= 4 is 17.5 Å². The SMILES string of the molecule is OC(CCl)C(O)c1cnc(N2CCCC2)nc1. The molecule has 1 aromatic heterocycles. The van der Waals surface area contributed by atoms with Crippen LogP contribution in [0.5, 0.6) is 0 Å². The van der Waals surface area contributed by atoms with Crippen LogP contribution in [-0.2, 0) is 0 Å². The number of anilines is 1. The van der Waals surface area contributed by atoms with Crippen molar-refractivity contribution < 1.29 is 10.2 Å². The molecule has 2 N–H and O–H groups in total. The summed E-state index contributed by atoms with van der Waals surface area (Å²) in [5.41, 5.74) is 0.487. The lowest BCUT2D eigenvalue weighted by Gasteiger charge is -2.17. The maximum atomic E-state index is 9.72. The Kier molecular flexibility index (Phi) is 4.15. The molecule has 0 radical (unpaired) electrons. The minimum atomic E-state index is -1.03. The van der Waals surface area contributed by atoms with Gasteiger partial charge in [-0.1, -0.05) is 0 Å². The maximum Gasteiger partial charge on any atom is 0.225 e. The van der Waals surface area contributed by atoms with Crippen LogP contribution in [0.1, 0.15) is 24.5 Å². The van der Waals surface area contributed by atoms with Crippen molar-refractivity contribution in [1.29, 1.82) is 0 Å². The summed E-state index contributed by atoms with van der Waals surface area (Å²) in [7, 11) is 0. The van der Waals surface area contributed by atoms with Crippen LogP contribution >= 0.6 is 11.6 Å². The highest BCUT2D eigenvalue weighted by molar-refractivity contribution is 6.18. The van der Waals surface area contributed by atoms with Gasteiger partial charge in [-0.05, 0) is 12.8 Å². The van der Waals surface area contributed by atoms with Gasteiger partial charge in [-0.25, -0.2) is 9.97 Å². The van der Waals surface area contributed by atoms with Crippen LogP contribution < -0.4 is 4.90 Å². The molecule has 1 aromatic rings. The molecular weight excluding hydrogens is 242 g/mol. The van der Waals surface area contributed by atoms with Gasteiger partial charge in [0.05, 0.1) is 12.0 Å². The summed E-state index contributed by atoms with van der Waals surface area (Å²) in [5, 5.41) is 19.1. The van der Waals surface area contributed by atoms with Gasteiger partial charge in [0.15, 0.2) is 0 Å². The topological polar surface area (TPSA) is 69.5 Å². The normalized spacial score (nSPS) is 19.4. The molecule has 1 fully saturated rings. The fraction of sp³-hybridized carbons (Fsp3) is 0.636. The van der Waals surface area contributed by atoms with E-state index in [2.05, 4.69) is 14.9 Å². The summed E-state index contributed by atoms with van der Waals surface area (Å²) >= 11 is 5.47. The highest BCUT2D eigenvalue weighted by Crippen LogP contribution is 2.19. The summed E-state index contributed by atoms with van der Waals surface area (Å²) in [4.78, 5) is 10.5. The molecule has 1 aliphatic rings. The van der Waals surface area contributed by atoms with E-state index in [0.29, 0.717) is 11.5 Å². The Labute approximate surface area is 105 Å². The zero-order chi connectivity index (χ0) is 12.3. The van der Waals surface area contributed by atoms with Gasteiger partial charge in [-0.2, -0.15) is 0 Å². The zero-order valence-corrected chi connectivity index (χ0v) is 10.2. The predicted octanol–water partition coefficient (Wildman–Crippen LogP) is 0.710. The Bertz CT molecular complexity index is 354. The molecule has 2 rings (SSSR count). The molecule has 1 aliphatic heterocycles. The summed E-state index contributed by atoms with van der Waals surface area (Å²) in [6.07, 6.45) is 3.40. The molecular formula is C11H16ClN3O2. The van der Waals surface area contributed by atoms with Crippen molar-refractivity contribution in [3.63, 3.8) is 0 Å². The largest absolute Gasteiger partial charge is 0.389 e. The van der Waals surface area contributed by atoms with E-state index in [1.54, 1.807) is 12.4 Å². The van der Waals surface area contributed by atoms with E-state index < -0.39 is 12.2 Å². The average Bonchev–Trinajstić information content (AvgIpc) is 2.91. The first-order valence-corrected chi connectivity index (χ1v) is 6.25. The Morgan fingerprint density at radius 2 is 1.82 bits per heavy atom. The molecule has 2 heterocycles. The van der Waals surface area contributed by atoms with E-state index >= 15 is 0 Å². The first-order valence-electron chi connectivity index (χ1n) is 5.71. The number of halogens is 1. The number of aliphatic hydroxyl groups is 2. The second kappa shape index (κ2) is 5.62. The molecule has 1 saturated heterocycles. The fourth-order valence-electron chi connectivity index (χ4n) is 1.87. The Balaban J connectivity index is 2.06. The van der Waals surface area contributed by atoms with Crippen molar-refractivity contribution in [3.05, 3.63) is 18.0 Å². The third-order valence-electron chi connectivity index (χ3n) is 2.91. The number of hydrogen-bond donors (Lipinski definition) is 2. The predicted molar refractivity (Wildman–Crippen MR) is 65.2 cm³/mol. The first kappa shape index (κ1) is 12.5. The lowest BCUT2D eigenvalue weighted by atomic mass is 10.1. The van der Waals surface area contributed by atoms with E-state index in [-0.39, 0.29) is 5.88 Å². The molecule has 5 nitrogen and oxygen atoms in total. The van der Waals surface area contributed by atoms with Gasteiger partial charge in [0.2, 0.25) is 5.95 Å². The molecule has 2 unspecified atom stereocenters. The second-order valence-electron chi connectivity index (χ2n) is 4.18. The second-order valence-corrected chi connectivity index (χ2v) is 4.49. The number of hydrogen-bond acceptors (Lipinski definition) is 5. The van der Waals surface area contributed by atoms with Crippen LogP contribution in [0.25, 0.3) is 0 Å². The van der Waals surface area contributed by atoms with Crippen LogP contribution in [0.2, 0.25) is 0 Å². The van der Waals surface area contributed by atoms with Crippen molar-refractivity contribution in [3.8, 4) is 0 Å². The number of aromatic nitrogens is 2. The molecule has 0 aliphatic carbocycles. The third-order valence-corrected chi connectivity index (χ3v) is 3.23. The lowest BCUT2D eigenvalue weighted by Crippen LogP contribution is -2.22. The zero-order valence-electron chi connectivity index (χ0n) is 9.46. The van der Waals surface area contributed by atoms with Crippen molar-refractivity contribution in [2.45, 2.75) is 25.0 Å². The van der Waals surface area contributed by atoms with Gasteiger partial charge in [-0.3, -0.25) is 0 Å². The standard InChI is InChI=1S/C11H16ClN3O2/c12-5-9(16)10(17)8-6-13-11(14-7-8)15-3-1-2-4-15/h6-7,9-10,16-17H,1-5H2. The van der Waals surface area contributed by atoms with Gasteiger partial charge >= 0.3 is 0 Å². The van der Waals surface area contributed by atoms with Crippen molar-refractivity contribution in [2.75, 3.05) is 23.9 Å². The van der Waals surface area contributed by atoms with Crippen LogP contribution in [0, 0.1) is 0 Å².